The van der Waals surface area contributed by atoms with Crippen molar-refractivity contribution in [1.29, 1.82) is 0 Å². The average Bonchev–Trinajstić information content (AvgIpc) is 3.35. The van der Waals surface area contributed by atoms with E-state index in [1.54, 1.807) is 52.3 Å². The number of benzene rings is 6. The highest BCUT2D eigenvalue weighted by molar-refractivity contribution is 7.98. The van der Waals surface area contributed by atoms with Crippen LogP contribution in [0, 0.1) is 5.82 Å². The molecule has 0 fully saturated rings. The van der Waals surface area contributed by atoms with Crippen LogP contribution in [0.3, 0.4) is 0 Å². The third kappa shape index (κ3) is 11.9. The zero-order valence-electron chi connectivity index (χ0n) is 40.2. The van der Waals surface area contributed by atoms with Crippen molar-refractivity contribution in [3.8, 4) is 23.0 Å². The monoisotopic (exact) mass is 897 g/mol. The third-order valence-electron chi connectivity index (χ3n) is 13.3. The van der Waals surface area contributed by atoms with E-state index in [1.165, 1.54) is 16.0 Å². The maximum atomic E-state index is 13.9. The van der Waals surface area contributed by atoms with E-state index in [9.17, 15) is 4.39 Å². The zero-order valence-corrected chi connectivity index (χ0v) is 41.0. The molecule has 0 aliphatic heterocycles. The quantitative estimate of drug-likeness (QED) is 0.0625. The molecule has 5 unspecified atom stereocenters. The fourth-order valence-electron chi connectivity index (χ4n) is 8.65. The lowest BCUT2D eigenvalue weighted by atomic mass is 9.89. The fourth-order valence-corrected chi connectivity index (χ4v) is 9.06. The van der Waals surface area contributed by atoms with Crippen LogP contribution in [0.1, 0.15) is 87.6 Å². The number of hydrogen-bond donors (Lipinski definition) is 0. The van der Waals surface area contributed by atoms with Crippen LogP contribution in [0.5, 0.6) is 23.0 Å². The first kappa shape index (κ1) is 48.7. The van der Waals surface area contributed by atoms with Gasteiger partial charge < -0.3 is 33.6 Å². The van der Waals surface area contributed by atoms with Crippen LogP contribution in [-0.4, -0.2) is 52.8 Å². The molecule has 65 heavy (non-hydrogen) atoms. The number of ether oxygens (including phenoxy) is 4. The van der Waals surface area contributed by atoms with E-state index in [1.807, 2.05) is 36.4 Å². The summed E-state index contributed by atoms with van der Waals surface area (Å²) < 4.78 is 37.2. The van der Waals surface area contributed by atoms with Crippen LogP contribution in [0.15, 0.2) is 138 Å². The Morgan fingerprint density at radius 1 is 0.477 bits per heavy atom. The number of methoxy groups -OCH3 is 4. The van der Waals surface area contributed by atoms with Crippen LogP contribution in [-0.2, 0) is 19.6 Å². The smallest absolute Gasteiger partial charge is 0.123 e. The minimum Gasteiger partial charge on any atom is -0.497 e. The molecule has 0 saturated carbocycles. The van der Waals surface area contributed by atoms with Gasteiger partial charge in [0.1, 0.15) is 28.8 Å². The summed E-state index contributed by atoms with van der Waals surface area (Å²) in [5, 5.41) is 0. The number of hydrogen-bond acceptors (Lipinski definition) is 8. The van der Waals surface area contributed by atoms with Gasteiger partial charge in [0, 0.05) is 82.7 Å². The maximum Gasteiger partial charge on any atom is 0.123 e. The molecule has 0 heterocycles. The van der Waals surface area contributed by atoms with Crippen LogP contribution in [0.2, 0.25) is 0 Å². The molecule has 0 N–H and O–H groups in total. The summed E-state index contributed by atoms with van der Waals surface area (Å²) in [7, 11) is 6.92. The first-order valence-electron chi connectivity index (χ1n) is 22.7. The maximum absolute atomic E-state index is 13.9. The number of anilines is 3. The second kappa shape index (κ2) is 22.9. The van der Waals surface area contributed by atoms with Crippen molar-refractivity contribution < 1.29 is 23.3 Å². The topological polar surface area (TPSA) is 46.6 Å². The molecule has 344 valence electrons. The van der Waals surface area contributed by atoms with E-state index in [0.717, 1.165) is 63.2 Å². The van der Waals surface area contributed by atoms with Crippen LogP contribution < -0.4 is 33.6 Å². The summed E-state index contributed by atoms with van der Waals surface area (Å²) in [5.41, 5.74) is 9.09. The first-order chi connectivity index (χ1) is 31.4. The Hall–Kier alpha value is -5.80. The lowest BCUT2D eigenvalue weighted by Crippen LogP contribution is -2.38. The highest BCUT2D eigenvalue weighted by atomic mass is 32.2. The van der Waals surface area contributed by atoms with Gasteiger partial charge in [0.05, 0.1) is 28.4 Å². The van der Waals surface area contributed by atoms with Gasteiger partial charge in [-0.15, -0.1) is 11.8 Å². The lowest BCUT2D eigenvalue weighted by Gasteiger charge is -2.38. The Labute approximate surface area is 392 Å². The molecule has 0 amide bonds. The minimum atomic E-state index is -0.226. The molecule has 0 aliphatic carbocycles. The van der Waals surface area contributed by atoms with E-state index < -0.39 is 0 Å². The van der Waals surface area contributed by atoms with Gasteiger partial charge in [-0.05, 0) is 147 Å². The molecule has 0 saturated heterocycles. The molecule has 7 nitrogen and oxygen atoms in total. The van der Waals surface area contributed by atoms with Gasteiger partial charge >= 0.3 is 0 Å². The number of thioether (sulfide) groups is 1. The highest BCUT2D eigenvalue weighted by Crippen LogP contribution is 2.41. The fraction of sp³-hybridized carbons (Fsp3) is 0.357. The molecular weight excluding hydrogens is 830 g/mol. The predicted molar refractivity (Wildman–Crippen MR) is 271 cm³/mol. The van der Waals surface area contributed by atoms with E-state index in [-0.39, 0.29) is 35.8 Å². The molecule has 0 spiro atoms. The molecule has 6 aromatic carbocycles. The Morgan fingerprint density at radius 2 is 0.862 bits per heavy atom. The molecule has 0 aliphatic rings. The zero-order chi connectivity index (χ0) is 46.6. The number of nitrogens with zero attached hydrogens (tertiary/aromatic N) is 3. The molecule has 6 rings (SSSR count). The van der Waals surface area contributed by atoms with Crippen molar-refractivity contribution in [2.24, 2.45) is 0 Å². The molecule has 6 aromatic rings. The van der Waals surface area contributed by atoms with Gasteiger partial charge in [-0.25, -0.2) is 4.39 Å². The third-order valence-corrected chi connectivity index (χ3v) is 14.1. The van der Waals surface area contributed by atoms with E-state index in [2.05, 4.69) is 147 Å². The number of halogens is 1. The SMILES string of the molecule is CCC(C)N(Cc1ccc(F)cc1)c1ccc(OC)c(C(C)C(C)N(Cc2ccc(SC)cc2)c2ccc(OC)c(C(C)C(C)N(Cc3ccc(OC)cc3)c3ccc(OC)cc3)c2)c1. The standard InChI is InChI=1S/C56H68FN3O4S/c1-12-38(2)58(35-43-13-19-46(57)20-14-43)48-23-31-55(63-9)53(33-48)40(4)42(6)60(37-45-17-29-52(65-11)30-18-45)49-24-32-56(64-10)54(34-49)39(3)41(5)59(47-21-27-51(62-8)28-22-47)36-44-15-25-50(61-7)26-16-44/h13-34,38-42H,12,35-37H2,1-11H3. The minimum absolute atomic E-state index is 0.0355. The Kier molecular flexibility index (Phi) is 17.1. The molecular formula is C56H68FN3O4S. The van der Waals surface area contributed by atoms with E-state index in [0.29, 0.717) is 19.6 Å². The van der Waals surface area contributed by atoms with E-state index >= 15 is 0 Å². The van der Waals surface area contributed by atoms with Gasteiger partial charge in [0.15, 0.2) is 0 Å². The summed E-state index contributed by atoms with van der Waals surface area (Å²) in [5.74, 6) is 3.26. The van der Waals surface area contributed by atoms with Crippen molar-refractivity contribution >= 4 is 28.8 Å². The molecule has 0 aromatic heterocycles. The highest BCUT2D eigenvalue weighted by Gasteiger charge is 2.30. The van der Waals surface area contributed by atoms with Crippen molar-refractivity contribution in [3.63, 3.8) is 0 Å². The van der Waals surface area contributed by atoms with Crippen LogP contribution >= 0.6 is 11.8 Å². The Morgan fingerprint density at radius 3 is 1.29 bits per heavy atom. The van der Waals surface area contributed by atoms with Crippen molar-refractivity contribution in [2.45, 2.75) is 102 Å². The predicted octanol–water partition coefficient (Wildman–Crippen LogP) is 13.8. The second-order valence-electron chi connectivity index (χ2n) is 17.1. The van der Waals surface area contributed by atoms with Gasteiger partial charge in [-0.2, -0.15) is 0 Å². The van der Waals surface area contributed by atoms with Crippen LogP contribution in [0.4, 0.5) is 21.5 Å². The number of rotatable bonds is 22. The average molecular weight is 898 g/mol. The molecule has 0 bridgehead atoms. The van der Waals surface area contributed by atoms with Crippen molar-refractivity contribution in [2.75, 3.05) is 49.4 Å². The second-order valence-corrected chi connectivity index (χ2v) is 18.0. The summed E-state index contributed by atoms with van der Waals surface area (Å²) >= 11 is 1.75. The summed E-state index contributed by atoms with van der Waals surface area (Å²) in [6.07, 6.45) is 3.08. The van der Waals surface area contributed by atoms with Crippen molar-refractivity contribution in [1.82, 2.24) is 0 Å². The molecule has 9 heteroatoms. The largest absolute Gasteiger partial charge is 0.497 e. The molecule has 0 radical (unpaired) electrons. The van der Waals surface area contributed by atoms with Gasteiger partial charge in [0.25, 0.3) is 0 Å². The Balaban J connectivity index is 1.40. The van der Waals surface area contributed by atoms with E-state index in [4.69, 9.17) is 18.9 Å². The molecule has 5 atom stereocenters. The Bertz CT molecular complexity index is 2390. The first-order valence-corrected chi connectivity index (χ1v) is 23.9. The summed E-state index contributed by atoms with van der Waals surface area (Å²) in [6, 6.07) is 46.0. The van der Waals surface area contributed by atoms with Gasteiger partial charge in [0.2, 0.25) is 0 Å². The van der Waals surface area contributed by atoms with Crippen LogP contribution in [0.25, 0.3) is 0 Å². The van der Waals surface area contributed by atoms with Gasteiger partial charge in [-0.1, -0.05) is 57.2 Å². The van der Waals surface area contributed by atoms with Crippen molar-refractivity contribution in [3.05, 3.63) is 167 Å². The lowest BCUT2D eigenvalue weighted by molar-refractivity contribution is 0.400. The summed E-state index contributed by atoms with van der Waals surface area (Å²) in [6.45, 7) is 15.8. The van der Waals surface area contributed by atoms with Gasteiger partial charge in [-0.3, -0.25) is 0 Å². The summed E-state index contributed by atoms with van der Waals surface area (Å²) in [4.78, 5) is 8.65. The normalized spacial score (nSPS) is 13.5.